The molecule has 1 N–H and O–H groups in total. The summed E-state index contributed by atoms with van der Waals surface area (Å²) in [5.41, 5.74) is 0.0538. The van der Waals surface area contributed by atoms with Crippen molar-refractivity contribution in [2.24, 2.45) is 0 Å². The Balaban J connectivity index is 2.32. The Morgan fingerprint density at radius 2 is 2.09 bits per heavy atom. The zero-order chi connectivity index (χ0) is 17.0. The Morgan fingerprint density at radius 1 is 1.43 bits per heavy atom. The van der Waals surface area contributed by atoms with Gasteiger partial charge in [0.25, 0.3) is 5.91 Å². The van der Waals surface area contributed by atoms with Gasteiger partial charge in [0.05, 0.1) is 11.2 Å². The van der Waals surface area contributed by atoms with E-state index in [1.165, 1.54) is 11.1 Å². The first-order valence-electron chi connectivity index (χ1n) is 7.53. The Hall–Kier alpha value is -1.73. The predicted molar refractivity (Wildman–Crippen MR) is 83.6 cm³/mol. The molecule has 0 bridgehead atoms. The monoisotopic (exact) mass is 341 g/mol. The average Bonchev–Trinajstić information content (AvgIpc) is 2.53. The standard InChI is InChI=1S/C15H20ClN3O4/c1-9(2)14-17-7-11(16)13(18-14)15(22)19(8-12(20)21)10-3-5-23-6-4-10/h7,9-10H,3-6,8H2,1-2H3,(H,20,21). The van der Waals surface area contributed by atoms with E-state index in [1.54, 1.807) is 0 Å². The molecule has 0 aliphatic carbocycles. The Kier molecular flexibility index (Phi) is 5.90. The summed E-state index contributed by atoms with van der Waals surface area (Å²) >= 11 is 6.07. The third kappa shape index (κ3) is 4.39. The van der Waals surface area contributed by atoms with Crippen LogP contribution in [0.1, 0.15) is 48.9 Å². The van der Waals surface area contributed by atoms with Crippen molar-refractivity contribution in [1.29, 1.82) is 0 Å². The van der Waals surface area contributed by atoms with Gasteiger partial charge in [-0.25, -0.2) is 9.97 Å². The lowest BCUT2D eigenvalue weighted by Crippen LogP contribution is -2.46. The van der Waals surface area contributed by atoms with Crippen LogP contribution in [0.2, 0.25) is 5.02 Å². The van der Waals surface area contributed by atoms with Gasteiger partial charge in [0.2, 0.25) is 0 Å². The molecular weight excluding hydrogens is 322 g/mol. The van der Waals surface area contributed by atoms with Gasteiger partial charge < -0.3 is 14.7 Å². The Labute approximate surface area is 139 Å². The molecule has 126 valence electrons. The van der Waals surface area contributed by atoms with Crippen molar-refractivity contribution in [3.63, 3.8) is 0 Å². The molecule has 7 nitrogen and oxygen atoms in total. The maximum absolute atomic E-state index is 12.8. The maximum atomic E-state index is 12.8. The third-order valence-electron chi connectivity index (χ3n) is 3.68. The number of carbonyl (C=O) groups is 2. The van der Waals surface area contributed by atoms with Crippen LogP contribution in [0.25, 0.3) is 0 Å². The SMILES string of the molecule is CC(C)c1ncc(Cl)c(C(=O)N(CC(=O)O)C2CCOCC2)n1. The minimum absolute atomic E-state index is 0.0369. The van der Waals surface area contributed by atoms with Crippen LogP contribution in [0.15, 0.2) is 6.20 Å². The first-order valence-corrected chi connectivity index (χ1v) is 7.91. The van der Waals surface area contributed by atoms with Crippen LogP contribution < -0.4 is 0 Å². The molecule has 23 heavy (non-hydrogen) atoms. The van der Waals surface area contributed by atoms with E-state index >= 15 is 0 Å². The van der Waals surface area contributed by atoms with Gasteiger partial charge in [0.1, 0.15) is 12.4 Å². The first-order chi connectivity index (χ1) is 10.9. The minimum Gasteiger partial charge on any atom is -0.480 e. The van der Waals surface area contributed by atoms with Crippen LogP contribution in [0.3, 0.4) is 0 Å². The molecule has 1 aromatic rings. The number of carboxylic acid groups (broad SMARTS) is 1. The van der Waals surface area contributed by atoms with Gasteiger partial charge in [-0.15, -0.1) is 0 Å². The van der Waals surface area contributed by atoms with Crippen LogP contribution >= 0.6 is 11.6 Å². The van der Waals surface area contributed by atoms with Gasteiger partial charge in [0.15, 0.2) is 5.69 Å². The van der Waals surface area contributed by atoms with Crippen LogP contribution in [0.4, 0.5) is 0 Å². The number of nitrogens with zero attached hydrogens (tertiary/aromatic N) is 3. The minimum atomic E-state index is -1.07. The van der Waals surface area contributed by atoms with E-state index in [2.05, 4.69) is 9.97 Å². The fourth-order valence-electron chi connectivity index (χ4n) is 2.45. The van der Waals surface area contributed by atoms with Crippen molar-refractivity contribution in [3.05, 3.63) is 22.7 Å². The number of carbonyl (C=O) groups excluding carboxylic acids is 1. The zero-order valence-corrected chi connectivity index (χ0v) is 13.9. The fraction of sp³-hybridized carbons (Fsp3) is 0.600. The van der Waals surface area contributed by atoms with Gasteiger partial charge >= 0.3 is 5.97 Å². The van der Waals surface area contributed by atoms with Gasteiger partial charge in [-0.1, -0.05) is 25.4 Å². The number of aliphatic carboxylic acids is 1. The van der Waals surface area contributed by atoms with Crippen molar-refractivity contribution in [1.82, 2.24) is 14.9 Å². The normalized spacial score (nSPS) is 15.7. The molecule has 2 heterocycles. The van der Waals surface area contributed by atoms with Crippen molar-refractivity contribution >= 4 is 23.5 Å². The Morgan fingerprint density at radius 3 is 2.65 bits per heavy atom. The molecule has 8 heteroatoms. The first kappa shape index (κ1) is 17.6. The summed E-state index contributed by atoms with van der Waals surface area (Å²) in [5.74, 6) is -1.01. The molecular formula is C15H20ClN3O4. The number of halogens is 1. The topological polar surface area (TPSA) is 92.6 Å². The highest BCUT2D eigenvalue weighted by Crippen LogP contribution is 2.22. The summed E-state index contributed by atoms with van der Waals surface area (Å²) in [6, 6.07) is -0.194. The second-order valence-electron chi connectivity index (χ2n) is 5.75. The quantitative estimate of drug-likeness (QED) is 0.880. The summed E-state index contributed by atoms with van der Waals surface area (Å²) in [7, 11) is 0. The highest BCUT2D eigenvalue weighted by Gasteiger charge is 2.30. The molecule has 1 aromatic heterocycles. The predicted octanol–water partition coefficient (Wildman–Crippen LogP) is 1.96. The molecule has 1 aliphatic heterocycles. The molecule has 2 rings (SSSR count). The van der Waals surface area contributed by atoms with E-state index in [1.807, 2.05) is 13.8 Å². The molecule has 1 amide bonds. The van der Waals surface area contributed by atoms with Gasteiger partial charge in [0, 0.05) is 25.2 Å². The molecule has 1 fully saturated rings. The molecule has 0 unspecified atom stereocenters. The van der Waals surface area contributed by atoms with Crippen LogP contribution in [-0.4, -0.2) is 57.7 Å². The van der Waals surface area contributed by atoms with Crippen molar-refractivity contribution in [2.75, 3.05) is 19.8 Å². The molecule has 0 spiro atoms. The largest absolute Gasteiger partial charge is 0.480 e. The van der Waals surface area contributed by atoms with Gasteiger partial charge in [-0.05, 0) is 12.8 Å². The zero-order valence-electron chi connectivity index (χ0n) is 13.2. The van der Waals surface area contributed by atoms with E-state index in [9.17, 15) is 9.59 Å². The molecule has 1 aliphatic rings. The number of carboxylic acids is 1. The summed E-state index contributed by atoms with van der Waals surface area (Å²) in [6.45, 7) is 4.43. The summed E-state index contributed by atoms with van der Waals surface area (Å²) in [6.07, 6.45) is 2.58. The average molecular weight is 342 g/mol. The molecule has 0 saturated carbocycles. The summed E-state index contributed by atoms with van der Waals surface area (Å²) in [4.78, 5) is 33.6. The highest BCUT2D eigenvalue weighted by molar-refractivity contribution is 6.33. The van der Waals surface area contributed by atoms with E-state index in [4.69, 9.17) is 21.4 Å². The Bertz CT molecular complexity index is 588. The number of rotatable bonds is 5. The van der Waals surface area contributed by atoms with Crippen molar-refractivity contribution in [3.8, 4) is 0 Å². The van der Waals surface area contributed by atoms with Crippen LogP contribution in [0.5, 0.6) is 0 Å². The summed E-state index contributed by atoms with van der Waals surface area (Å²) < 4.78 is 5.28. The molecule has 0 aromatic carbocycles. The van der Waals surface area contributed by atoms with E-state index < -0.39 is 11.9 Å². The van der Waals surface area contributed by atoms with Crippen molar-refractivity contribution in [2.45, 2.75) is 38.6 Å². The number of aromatic nitrogens is 2. The lowest BCUT2D eigenvalue weighted by molar-refractivity contribution is -0.138. The van der Waals surface area contributed by atoms with Crippen LogP contribution in [0, 0.1) is 0 Å². The van der Waals surface area contributed by atoms with Gasteiger partial charge in [-0.2, -0.15) is 0 Å². The smallest absolute Gasteiger partial charge is 0.323 e. The molecule has 0 atom stereocenters. The second-order valence-corrected chi connectivity index (χ2v) is 6.16. The lowest BCUT2D eigenvalue weighted by Gasteiger charge is -2.33. The fourth-order valence-corrected chi connectivity index (χ4v) is 2.63. The van der Waals surface area contributed by atoms with Gasteiger partial charge in [-0.3, -0.25) is 9.59 Å². The van der Waals surface area contributed by atoms with E-state index in [0.717, 1.165) is 0 Å². The number of ether oxygens (including phenoxy) is 1. The van der Waals surface area contributed by atoms with Crippen LogP contribution in [-0.2, 0) is 9.53 Å². The van der Waals surface area contributed by atoms with E-state index in [0.29, 0.717) is 31.9 Å². The molecule has 0 radical (unpaired) electrons. The molecule has 1 saturated heterocycles. The lowest BCUT2D eigenvalue weighted by atomic mass is 10.1. The number of hydrogen-bond donors (Lipinski definition) is 1. The van der Waals surface area contributed by atoms with E-state index in [-0.39, 0.29) is 29.2 Å². The summed E-state index contributed by atoms with van der Waals surface area (Å²) in [5, 5.41) is 9.26. The van der Waals surface area contributed by atoms with Crippen molar-refractivity contribution < 1.29 is 19.4 Å². The number of hydrogen-bond acceptors (Lipinski definition) is 5. The maximum Gasteiger partial charge on any atom is 0.323 e. The highest BCUT2D eigenvalue weighted by atomic mass is 35.5. The second kappa shape index (κ2) is 7.70. The number of amides is 1. The third-order valence-corrected chi connectivity index (χ3v) is 3.96.